The summed E-state index contributed by atoms with van der Waals surface area (Å²) in [6.45, 7) is 16.3. The first-order valence-corrected chi connectivity index (χ1v) is 4.95. The Balaban J connectivity index is 0. The van der Waals surface area contributed by atoms with E-state index in [0.29, 0.717) is 0 Å². The van der Waals surface area contributed by atoms with Crippen molar-refractivity contribution in [3.63, 3.8) is 0 Å². The van der Waals surface area contributed by atoms with Gasteiger partial charge in [-0.05, 0) is 26.3 Å². The zero-order valence-corrected chi connectivity index (χ0v) is 9.14. The van der Waals surface area contributed by atoms with Crippen LogP contribution in [0.3, 0.4) is 0 Å². The lowest BCUT2D eigenvalue weighted by atomic mass is 10.2. The van der Waals surface area contributed by atoms with Gasteiger partial charge in [0.15, 0.2) is 0 Å². The van der Waals surface area contributed by atoms with Crippen molar-refractivity contribution in [1.29, 1.82) is 0 Å². The Labute approximate surface area is 89.8 Å². The average molecular weight is 195 g/mol. The van der Waals surface area contributed by atoms with Crippen LogP contribution in [-0.2, 0) is 0 Å². The van der Waals surface area contributed by atoms with E-state index in [0.717, 1.165) is 30.8 Å². The second kappa shape index (κ2) is 8.61. The molecule has 1 nitrogen and oxygen atoms in total. The van der Waals surface area contributed by atoms with E-state index in [-0.39, 0.29) is 7.43 Å². The SMILES string of the molecule is C.C=C(/C=C\C(=C)N(CC)CC)CC. The number of nitrogens with zero attached hydrogens (tertiary/aromatic N) is 1. The maximum absolute atomic E-state index is 4.00. The summed E-state index contributed by atoms with van der Waals surface area (Å²) in [5.74, 6) is 0. The summed E-state index contributed by atoms with van der Waals surface area (Å²) in [6, 6.07) is 0. The molecule has 0 aromatic heterocycles. The molecule has 0 bridgehead atoms. The van der Waals surface area contributed by atoms with Crippen LogP contribution in [0.2, 0.25) is 0 Å². The van der Waals surface area contributed by atoms with Crippen molar-refractivity contribution in [3.8, 4) is 0 Å². The normalized spacial score (nSPS) is 9.64. The van der Waals surface area contributed by atoms with Gasteiger partial charge >= 0.3 is 0 Å². The Hall–Kier alpha value is -0.980. The van der Waals surface area contributed by atoms with Gasteiger partial charge in [0.05, 0.1) is 0 Å². The van der Waals surface area contributed by atoms with Gasteiger partial charge in [0.2, 0.25) is 0 Å². The van der Waals surface area contributed by atoms with Gasteiger partial charge in [-0.25, -0.2) is 0 Å². The largest absolute Gasteiger partial charge is 0.373 e. The van der Waals surface area contributed by atoms with Crippen molar-refractivity contribution in [1.82, 2.24) is 4.90 Å². The predicted octanol–water partition coefficient (Wildman–Crippen LogP) is 4.00. The summed E-state index contributed by atoms with van der Waals surface area (Å²) in [5.41, 5.74) is 2.22. The van der Waals surface area contributed by atoms with E-state index in [9.17, 15) is 0 Å². The van der Waals surface area contributed by atoms with Crippen molar-refractivity contribution in [2.24, 2.45) is 0 Å². The van der Waals surface area contributed by atoms with Gasteiger partial charge in [0.25, 0.3) is 0 Å². The smallest absolute Gasteiger partial charge is 0.0293 e. The molecule has 0 radical (unpaired) electrons. The van der Waals surface area contributed by atoms with Gasteiger partial charge in [0, 0.05) is 18.8 Å². The molecule has 82 valence electrons. The summed E-state index contributed by atoms with van der Waals surface area (Å²) >= 11 is 0. The van der Waals surface area contributed by atoms with Crippen LogP contribution in [0, 0.1) is 0 Å². The fraction of sp³-hybridized carbons (Fsp3) is 0.538. The van der Waals surface area contributed by atoms with E-state index in [1.54, 1.807) is 0 Å². The fourth-order valence-electron chi connectivity index (χ4n) is 1.07. The second-order valence-corrected chi connectivity index (χ2v) is 3.01. The zero-order chi connectivity index (χ0) is 10.3. The highest BCUT2D eigenvalue weighted by Gasteiger charge is 1.97. The van der Waals surface area contributed by atoms with Crippen LogP contribution in [-0.4, -0.2) is 18.0 Å². The molecule has 0 heterocycles. The van der Waals surface area contributed by atoms with Crippen molar-refractivity contribution >= 4 is 0 Å². The molecule has 0 rings (SSSR count). The van der Waals surface area contributed by atoms with Crippen molar-refractivity contribution < 1.29 is 0 Å². The minimum Gasteiger partial charge on any atom is -0.373 e. The number of hydrogen-bond acceptors (Lipinski definition) is 1. The van der Waals surface area contributed by atoms with Gasteiger partial charge in [-0.1, -0.05) is 39.2 Å². The average Bonchev–Trinajstić information content (AvgIpc) is 2.16. The molecule has 0 amide bonds. The molecule has 0 atom stereocenters. The van der Waals surface area contributed by atoms with Gasteiger partial charge in [-0.2, -0.15) is 0 Å². The Kier molecular flexibility index (Phi) is 9.53. The maximum Gasteiger partial charge on any atom is 0.0293 e. The molecule has 0 aliphatic heterocycles. The summed E-state index contributed by atoms with van der Waals surface area (Å²) in [4.78, 5) is 2.22. The Morgan fingerprint density at radius 1 is 1.07 bits per heavy atom. The molecule has 0 fully saturated rings. The van der Waals surface area contributed by atoms with Crippen LogP contribution in [0.5, 0.6) is 0 Å². The fourth-order valence-corrected chi connectivity index (χ4v) is 1.07. The second-order valence-electron chi connectivity index (χ2n) is 3.01. The number of allylic oxidation sites excluding steroid dienone is 3. The number of hydrogen-bond donors (Lipinski definition) is 0. The van der Waals surface area contributed by atoms with Gasteiger partial charge in [0.1, 0.15) is 0 Å². The van der Waals surface area contributed by atoms with Crippen LogP contribution in [0.4, 0.5) is 0 Å². The first-order valence-electron chi connectivity index (χ1n) is 4.95. The van der Waals surface area contributed by atoms with Gasteiger partial charge in [-0.15, -0.1) is 0 Å². The molecule has 0 aromatic rings. The Bertz CT molecular complexity index is 197. The molecule has 1 heteroatoms. The topological polar surface area (TPSA) is 3.24 Å². The quantitative estimate of drug-likeness (QED) is 0.579. The van der Waals surface area contributed by atoms with E-state index >= 15 is 0 Å². The van der Waals surface area contributed by atoms with E-state index in [1.165, 1.54) is 0 Å². The molecule has 0 spiro atoms. The number of rotatable bonds is 6. The highest BCUT2D eigenvalue weighted by atomic mass is 15.1. The molecule has 0 unspecified atom stereocenters. The van der Waals surface area contributed by atoms with Crippen molar-refractivity contribution in [2.45, 2.75) is 34.6 Å². The first kappa shape index (κ1) is 15.5. The third kappa shape index (κ3) is 5.63. The molecule has 0 aromatic carbocycles. The molecule has 0 N–H and O–H groups in total. The van der Waals surface area contributed by atoms with Gasteiger partial charge < -0.3 is 4.90 Å². The highest BCUT2D eigenvalue weighted by Crippen LogP contribution is 2.05. The summed E-state index contributed by atoms with van der Waals surface area (Å²) in [5, 5.41) is 0. The van der Waals surface area contributed by atoms with E-state index in [1.807, 2.05) is 12.2 Å². The van der Waals surface area contributed by atoms with Gasteiger partial charge in [-0.3, -0.25) is 0 Å². The lowest BCUT2D eigenvalue weighted by Crippen LogP contribution is -2.20. The molecule has 0 saturated heterocycles. The Morgan fingerprint density at radius 2 is 1.57 bits per heavy atom. The molecular formula is C13H25N. The standard InChI is InChI=1S/C12H21N.CH4/c1-6-11(4)9-10-12(5)13(7-2)8-3;/h9-10H,4-8H2,1-3H3;1H4/b10-9-;. The van der Waals surface area contributed by atoms with Crippen LogP contribution in [0.25, 0.3) is 0 Å². The Morgan fingerprint density at radius 3 is 1.93 bits per heavy atom. The summed E-state index contributed by atoms with van der Waals surface area (Å²) in [6.07, 6.45) is 5.08. The first-order chi connectivity index (χ1) is 6.15. The third-order valence-corrected chi connectivity index (χ3v) is 2.14. The lowest BCUT2D eigenvalue weighted by Gasteiger charge is -2.20. The minimum absolute atomic E-state index is 0. The van der Waals surface area contributed by atoms with Crippen LogP contribution < -0.4 is 0 Å². The maximum atomic E-state index is 4.00. The predicted molar refractivity (Wildman–Crippen MR) is 67.4 cm³/mol. The molecule has 14 heavy (non-hydrogen) atoms. The zero-order valence-electron chi connectivity index (χ0n) is 9.14. The summed E-state index contributed by atoms with van der Waals surface area (Å²) < 4.78 is 0. The van der Waals surface area contributed by atoms with E-state index < -0.39 is 0 Å². The van der Waals surface area contributed by atoms with Crippen LogP contribution in [0.1, 0.15) is 34.6 Å². The lowest BCUT2D eigenvalue weighted by molar-refractivity contribution is 0.396. The number of likely N-dealkylation sites (N-methyl/N-ethyl adjacent to an activating group) is 1. The molecule has 0 aliphatic carbocycles. The van der Waals surface area contributed by atoms with Crippen molar-refractivity contribution in [3.05, 3.63) is 36.6 Å². The van der Waals surface area contributed by atoms with Crippen LogP contribution in [0.15, 0.2) is 36.6 Å². The highest BCUT2D eigenvalue weighted by molar-refractivity contribution is 5.23. The monoisotopic (exact) mass is 195 g/mol. The van der Waals surface area contributed by atoms with E-state index in [2.05, 4.69) is 38.8 Å². The minimum atomic E-state index is 0. The van der Waals surface area contributed by atoms with E-state index in [4.69, 9.17) is 0 Å². The molecular weight excluding hydrogens is 170 g/mol. The summed E-state index contributed by atoms with van der Waals surface area (Å²) in [7, 11) is 0. The third-order valence-electron chi connectivity index (χ3n) is 2.14. The van der Waals surface area contributed by atoms with Crippen molar-refractivity contribution in [2.75, 3.05) is 13.1 Å². The van der Waals surface area contributed by atoms with Crippen LogP contribution >= 0.6 is 0 Å². The molecule has 0 saturated carbocycles. The molecule has 0 aliphatic rings.